The topological polar surface area (TPSA) is 69.9 Å². The molecule has 2 aromatic carbocycles. The Balaban J connectivity index is 2.14. The highest BCUT2D eigenvalue weighted by molar-refractivity contribution is 6.33. The number of nitrogens with zero attached hydrogens (tertiary/aromatic N) is 1. The highest BCUT2D eigenvalue weighted by Gasteiger charge is 2.36. The minimum absolute atomic E-state index is 0.0411. The van der Waals surface area contributed by atoms with Gasteiger partial charge in [0.1, 0.15) is 5.75 Å². The lowest BCUT2D eigenvalue weighted by Gasteiger charge is -2.29. The lowest BCUT2D eigenvalue weighted by Crippen LogP contribution is -2.19. The molecule has 34 heavy (non-hydrogen) atoms. The quantitative estimate of drug-likeness (QED) is 0.424. The Bertz CT molecular complexity index is 1280. The van der Waals surface area contributed by atoms with Crippen LogP contribution in [0.4, 0.5) is 0 Å². The molecule has 0 saturated heterocycles. The molecule has 0 aliphatic carbocycles. The molecule has 0 bridgehead atoms. The molecular formula is C27H30ClNO5. The fraction of sp³-hybridized carbons (Fsp3) is 0.370. The Morgan fingerprint density at radius 1 is 1.15 bits per heavy atom. The van der Waals surface area contributed by atoms with E-state index in [1.54, 1.807) is 21.1 Å². The molecule has 1 atom stereocenters. The van der Waals surface area contributed by atoms with Crippen LogP contribution in [0.5, 0.6) is 17.2 Å². The number of halogens is 1. The molecule has 0 fully saturated rings. The van der Waals surface area contributed by atoms with Crippen LogP contribution in [0.1, 0.15) is 52.6 Å². The zero-order valence-electron chi connectivity index (χ0n) is 20.6. The number of fused-ring (bicyclic) bond motifs is 3. The Morgan fingerprint density at radius 2 is 1.79 bits per heavy atom. The van der Waals surface area contributed by atoms with Crippen LogP contribution in [0.2, 0.25) is 5.02 Å². The number of carbonyl (C=O) groups is 1. The second-order valence-corrected chi connectivity index (χ2v) is 9.12. The van der Waals surface area contributed by atoms with Crippen molar-refractivity contribution < 1.29 is 24.1 Å². The predicted molar refractivity (Wildman–Crippen MR) is 134 cm³/mol. The molecule has 4 rings (SSSR count). The monoisotopic (exact) mass is 483 g/mol. The number of rotatable bonds is 5. The van der Waals surface area contributed by atoms with Crippen molar-refractivity contribution in [2.24, 2.45) is 0 Å². The first kappa shape index (κ1) is 24.0. The van der Waals surface area contributed by atoms with E-state index in [1.165, 1.54) is 0 Å². The van der Waals surface area contributed by atoms with Gasteiger partial charge in [-0.25, -0.2) is 4.79 Å². The third kappa shape index (κ3) is 3.52. The Kier molecular flexibility index (Phi) is 6.30. The molecule has 180 valence electrons. The Hall–Kier alpha value is -3.12. The van der Waals surface area contributed by atoms with Crippen molar-refractivity contribution in [2.45, 2.75) is 47.1 Å². The van der Waals surface area contributed by atoms with E-state index >= 15 is 0 Å². The van der Waals surface area contributed by atoms with Crippen molar-refractivity contribution in [3.8, 4) is 39.6 Å². The highest BCUT2D eigenvalue weighted by Crippen LogP contribution is 2.51. The smallest absolute Gasteiger partial charge is 0.340 e. The van der Waals surface area contributed by atoms with Gasteiger partial charge in [-0.3, -0.25) is 0 Å². The SMILES string of the molecule is CCOC(=O)c1c(-c2cc(C)c(O)c(C)c2)c(C)n2c1-c1cc(OC)c(OC)c(Cl)c1CC2C. The summed E-state index contributed by atoms with van der Waals surface area (Å²) in [6.45, 7) is 9.89. The van der Waals surface area contributed by atoms with E-state index in [0.717, 1.165) is 44.8 Å². The summed E-state index contributed by atoms with van der Waals surface area (Å²) in [7, 11) is 3.13. The van der Waals surface area contributed by atoms with E-state index < -0.39 is 5.97 Å². The van der Waals surface area contributed by atoms with Gasteiger partial charge in [0.2, 0.25) is 0 Å². The molecule has 7 heteroatoms. The van der Waals surface area contributed by atoms with Gasteiger partial charge >= 0.3 is 5.97 Å². The summed E-state index contributed by atoms with van der Waals surface area (Å²) in [4.78, 5) is 13.5. The van der Waals surface area contributed by atoms with Crippen LogP contribution in [0.25, 0.3) is 22.4 Å². The summed E-state index contributed by atoms with van der Waals surface area (Å²) >= 11 is 6.80. The number of hydrogen-bond acceptors (Lipinski definition) is 5. The molecule has 1 aliphatic rings. The normalized spacial score (nSPS) is 14.4. The number of phenols is 1. The van der Waals surface area contributed by atoms with E-state index in [-0.39, 0.29) is 18.4 Å². The number of benzene rings is 2. The zero-order chi connectivity index (χ0) is 24.9. The molecule has 6 nitrogen and oxygen atoms in total. The number of methoxy groups -OCH3 is 2. The van der Waals surface area contributed by atoms with E-state index in [0.29, 0.717) is 28.5 Å². The van der Waals surface area contributed by atoms with Gasteiger partial charge in [0.05, 0.1) is 37.1 Å². The van der Waals surface area contributed by atoms with Crippen LogP contribution in [-0.4, -0.2) is 36.5 Å². The maximum absolute atomic E-state index is 13.5. The summed E-state index contributed by atoms with van der Waals surface area (Å²) in [5.74, 6) is 0.836. The van der Waals surface area contributed by atoms with Gasteiger partial charge in [-0.1, -0.05) is 11.6 Å². The fourth-order valence-corrected chi connectivity index (χ4v) is 5.51. The van der Waals surface area contributed by atoms with Crippen LogP contribution < -0.4 is 9.47 Å². The van der Waals surface area contributed by atoms with Gasteiger partial charge < -0.3 is 23.9 Å². The number of phenolic OH excluding ortho intramolecular Hbond substituents is 1. The Morgan fingerprint density at radius 3 is 2.35 bits per heavy atom. The van der Waals surface area contributed by atoms with Gasteiger partial charge in [-0.05, 0) is 81.5 Å². The number of aryl methyl sites for hydroxylation is 2. The molecule has 2 heterocycles. The third-order valence-electron chi connectivity index (χ3n) is 6.62. The number of aromatic hydroxyl groups is 1. The van der Waals surface area contributed by atoms with E-state index in [4.69, 9.17) is 25.8 Å². The van der Waals surface area contributed by atoms with Crippen molar-refractivity contribution >= 4 is 17.6 Å². The number of aromatic nitrogens is 1. The minimum atomic E-state index is -0.399. The van der Waals surface area contributed by atoms with E-state index in [2.05, 4.69) is 11.5 Å². The molecular weight excluding hydrogens is 454 g/mol. The molecule has 1 N–H and O–H groups in total. The van der Waals surface area contributed by atoms with Crippen LogP contribution in [0.15, 0.2) is 18.2 Å². The first-order valence-electron chi connectivity index (χ1n) is 11.3. The lowest BCUT2D eigenvalue weighted by molar-refractivity contribution is 0.0528. The van der Waals surface area contributed by atoms with Crippen molar-refractivity contribution in [1.29, 1.82) is 0 Å². The van der Waals surface area contributed by atoms with Crippen molar-refractivity contribution in [3.05, 3.63) is 51.2 Å². The lowest BCUT2D eigenvalue weighted by atomic mass is 9.90. The molecule has 3 aromatic rings. The van der Waals surface area contributed by atoms with Gasteiger partial charge in [-0.15, -0.1) is 0 Å². The third-order valence-corrected chi connectivity index (χ3v) is 7.02. The van der Waals surface area contributed by atoms with E-state index in [9.17, 15) is 9.90 Å². The first-order valence-corrected chi connectivity index (χ1v) is 11.7. The molecule has 0 spiro atoms. The minimum Gasteiger partial charge on any atom is -0.507 e. The summed E-state index contributed by atoms with van der Waals surface area (Å²) in [5.41, 5.74) is 7.07. The Labute approximate surface area is 205 Å². The first-order chi connectivity index (χ1) is 16.2. The van der Waals surface area contributed by atoms with E-state index in [1.807, 2.05) is 39.0 Å². The average molecular weight is 484 g/mol. The van der Waals surface area contributed by atoms with Gasteiger partial charge in [0, 0.05) is 22.9 Å². The molecule has 1 aliphatic heterocycles. The summed E-state index contributed by atoms with van der Waals surface area (Å²) in [5, 5.41) is 10.8. The summed E-state index contributed by atoms with van der Waals surface area (Å²) in [6.07, 6.45) is 0.673. The van der Waals surface area contributed by atoms with Crippen molar-refractivity contribution in [1.82, 2.24) is 4.57 Å². The number of ether oxygens (including phenoxy) is 3. The zero-order valence-corrected chi connectivity index (χ0v) is 21.4. The molecule has 0 amide bonds. The van der Waals surface area contributed by atoms with Crippen LogP contribution in [0, 0.1) is 20.8 Å². The van der Waals surface area contributed by atoms with Crippen LogP contribution in [0.3, 0.4) is 0 Å². The van der Waals surface area contributed by atoms with Gasteiger partial charge in [-0.2, -0.15) is 0 Å². The summed E-state index contributed by atoms with van der Waals surface area (Å²) in [6, 6.07) is 5.75. The number of hydrogen-bond donors (Lipinski definition) is 1. The maximum atomic E-state index is 13.5. The molecule has 0 saturated carbocycles. The second-order valence-electron chi connectivity index (χ2n) is 8.74. The van der Waals surface area contributed by atoms with Crippen molar-refractivity contribution in [2.75, 3.05) is 20.8 Å². The standard InChI is InChI=1S/C27H30ClNO5/c1-8-34-27(31)22-21(17-9-13(2)25(30)14(3)10-17)16(5)29-15(4)11-18-19(24(22)29)12-20(32-6)26(33-7)23(18)28/h9-10,12,15,30H,8,11H2,1-7H3. The molecule has 0 radical (unpaired) electrons. The van der Waals surface area contributed by atoms with Crippen molar-refractivity contribution in [3.63, 3.8) is 0 Å². The largest absolute Gasteiger partial charge is 0.507 e. The molecule has 1 aromatic heterocycles. The van der Waals surface area contributed by atoms with Gasteiger partial charge in [0.15, 0.2) is 11.5 Å². The number of carbonyl (C=O) groups excluding carboxylic acids is 1. The fourth-order valence-electron chi connectivity index (χ4n) is 5.17. The van der Waals surface area contributed by atoms with Crippen LogP contribution in [-0.2, 0) is 11.2 Å². The maximum Gasteiger partial charge on any atom is 0.340 e. The average Bonchev–Trinajstić information content (AvgIpc) is 3.11. The second kappa shape index (κ2) is 8.91. The molecule has 1 unspecified atom stereocenters. The highest BCUT2D eigenvalue weighted by atomic mass is 35.5. The number of esters is 1. The summed E-state index contributed by atoms with van der Waals surface area (Å²) < 4.78 is 18.8. The predicted octanol–water partition coefficient (Wildman–Crippen LogP) is 6.42. The van der Waals surface area contributed by atoms with Gasteiger partial charge in [0.25, 0.3) is 0 Å². The van der Waals surface area contributed by atoms with Crippen LogP contribution >= 0.6 is 11.6 Å².